The number of carbonyl (C=O) groups is 1. The van der Waals surface area contributed by atoms with Crippen LogP contribution in [0.3, 0.4) is 0 Å². The van der Waals surface area contributed by atoms with Gasteiger partial charge in [-0.2, -0.15) is 0 Å². The molecular formula is C23H39N2OP. The molecule has 0 aliphatic carbocycles. The first-order chi connectivity index (χ1) is 12.9. The monoisotopic (exact) mass is 390 g/mol. The number of hydrogen-bond acceptors (Lipinski definition) is 2. The first kappa shape index (κ1) is 23.6. The van der Waals surface area contributed by atoms with E-state index in [9.17, 15) is 4.79 Å². The maximum absolute atomic E-state index is 13.0. The van der Waals surface area contributed by atoms with Gasteiger partial charge in [-0.25, -0.2) is 0 Å². The Morgan fingerprint density at radius 1 is 0.963 bits per heavy atom. The van der Waals surface area contributed by atoms with Gasteiger partial charge in [0.1, 0.15) is 0 Å². The van der Waals surface area contributed by atoms with Crippen LogP contribution in [0.4, 0.5) is 5.69 Å². The first-order valence-electron chi connectivity index (χ1n) is 10.7. The van der Waals surface area contributed by atoms with Crippen LogP contribution >= 0.6 is 7.26 Å². The predicted molar refractivity (Wildman–Crippen MR) is 122 cm³/mol. The second-order valence-electron chi connectivity index (χ2n) is 8.13. The van der Waals surface area contributed by atoms with E-state index in [-0.39, 0.29) is 5.91 Å². The van der Waals surface area contributed by atoms with Gasteiger partial charge in [-0.05, 0) is 0 Å². The molecule has 152 valence electrons. The van der Waals surface area contributed by atoms with E-state index < -0.39 is 7.26 Å². The van der Waals surface area contributed by atoms with Crippen molar-refractivity contribution in [2.24, 2.45) is 0 Å². The number of hydrogen-bond donors (Lipinski definition) is 1. The van der Waals surface area contributed by atoms with Crippen molar-refractivity contribution in [1.29, 1.82) is 5.26 Å². The van der Waals surface area contributed by atoms with Crippen LogP contribution in [0.25, 0.3) is 0 Å². The molecule has 0 saturated carbocycles. The molecular weight excluding hydrogens is 351 g/mol. The summed E-state index contributed by atoms with van der Waals surface area (Å²) in [5.41, 5.74) is 3.50. The van der Waals surface area contributed by atoms with Crippen molar-refractivity contribution in [2.75, 3.05) is 30.0 Å². The molecule has 0 radical (unpaired) electrons. The zero-order chi connectivity index (χ0) is 20.3. The fourth-order valence-corrected chi connectivity index (χ4v) is 9.41. The van der Waals surface area contributed by atoms with Crippen LogP contribution in [0, 0.1) is 25.2 Å². The van der Waals surface area contributed by atoms with Crippen LogP contribution in [0.5, 0.6) is 0 Å². The molecule has 1 aromatic carbocycles. The van der Waals surface area contributed by atoms with Crippen molar-refractivity contribution in [2.45, 2.75) is 73.1 Å². The molecule has 0 aromatic heterocycles. The number of unbranched alkanes of at least 4 members (excludes halogenated alkanes) is 3. The second kappa shape index (κ2) is 12.1. The van der Waals surface area contributed by atoms with Crippen molar-refractivity contribution in [3.8, 4) is 6.07 Å². The Morgan fingerprint density at radius 2 is 1.41 bits per heavy atom. The van der Waals surface area contributed by atoms with E-state index in [0.29, 0.717) is 5.56 Å². The fourth-order valence-electron chi connectivity index (χ4n) is 4.04. The van der Waals surface area contributed by atoms with Crippen molar-refractivity contribution < 1.29 is 4.79 Å². The van der Waals surface area contributed by atoms with E-state index in [4.69, 9.17) is 5.26 Å². The fraction of sp³-hybridized carbons (Fsp3) is 0.652. The van der Waals surface area contributed by atoms with E-state index in [1.807, 2.05) is 26.0 Å². The molecule has 0 spiro atoms. The SMILES string of the molecule is CCCC[PH](CCCC)(CCCC)CC(=O)Nc1c(C)cc(C#N)cc1C. The van der Waals surface area contributed by atoms with Crippen LogP contribution in [-0.4, -0.2) is 30.6 Å². The Balaban J connectivity index is 2.99. The van der Waals surface area contributed by atoms with Gasteiger partial charge in [0, 0.05) is 0 Å². The van der Waals surface area contributed by atoms with Crippen LogP contribution in [-0.2, 0) is 4.79 Å². The second-order valence-corrected chi connectivity index (χ2v) is 13.0. The topological polar surface area (TPSA) is 52.9 Å². The molecule has 1 amide bonds. The minimum absolute atomic E-state index is 0.181. The number of rotatable bonds is 12. The van der Waals surface area contributed by atoms with Crippen LogP contribution in [0.15, 0.2) is 12.1 Å². The molecule has 0 atom stereocenters. The average Bonchev–Trinajstić information content (AvgIpc) is 2.65. The summed E-state index contributed by atoms with van der Waals surface area (Å²) in [4.78, 5) is 13.0. The molecule has 3 nitrogen and oxygen atoms in total. The van der Waals surface area contributed by atoms with Crippen LogP contribution in [0.1, 0.15) is 76.0 Å². The molecule has 1 aromatic rings. The van der Waals surface area contributed by atoms with Crippen molar-refractivity contribution in [3.63, 3.8) is 0 Å². The van der Waals surface area contributed by atoms with Crippen LogP contribution < -0.4 is 5.32 Å². The Kier molecular flexibility index (Phi) is 10.6. The Bertz CT molecular complexity index is 603. The summed E-state index contributed by atoms with van der Waals surface area (Å²) in [5, 5.41) is 12.3. The summed E-state index contributed by atoms with van der Waals surface area (Å²) < 4.78 is 0. The number of nitrogens with one attached hydrogen (secondary N) is 1. The summed E-state index contributed by atoms with van der Waals surface area (Å²) in [6.07, 6.45) is 12.0. The third kappa shape index (κ3) is 7.63. The van der Waals surface area contributed by atoms with E-state index in [1.54, 1.807) is 0 Å². The molecule has 0 bridgehead atoms. The van der Waals surface area contributed by atoms with E-state index >= 15 is 0 Å². The number of aryl methyl sites for hydroxylation is 2. The Hall–Kier alpha value is -1.39. The molecule has 27 heavy (non-hydrogen) atoms. The zero-order valence-electron chi connectivity index (χ0n) is 18.1. The van der Waals surface area contributed by atoms with Gasteiger partial charge in [-0.3, -0.25) is 0 Å². The Labute approximate surface area is 167 Å². The number of amides is 1. The first-order valence-corrected chi connectivity index (χ1v) is 13.5. The van der Waals surface area contributed by atoms with Gasteiger partial charge in [-0.1, -0.05) is 0 Å². The number of anilines is 1. The van der Waals surface area contributed by atoms with Gasteiger partial charge < -0.3 is 0 Å². The molecule has 0 heterocycles. The zero-order valence-corrected chi connectivity index (χ0v) is 19.1. The van der Waals surface area contributed by atoms with Gasteiger partial charge in [0.2, 0.25) is 0 Å². The molecule has 1 rings (SSSR count). The third-order valence-electron chi connectivity index (χ3n) is 5.64. The van der Waals surface area contributed by atoms with E-state index in [0.717, 1.165) is 23.0 Å². The molecule has 0 fully saturated rings. The normalized spacial score (nSPS) is 11.9. The standard InChI is InChI=1S/C23H39N2OP/c1-6-9-12-27(13-10-7-2,14-11-8-3)18-22(26)25-23-19(4)15-21(17-24)16-20(23)5/h15-16,27H,6-14,18H2,1-5H3,(H,25,26). The molecule has 0 unspecified atom stereocenters. The molecule has 4 heteroatoms. The van der Waals surface area contributed by atoms with Crippen molar-refractivity contribution in [1.82, 2.24) is 0 Å². The number of nitriles is 1. The van der Waals surface area contributed by atoms with Gasteiger partial charge in [0.25, 0.3) is 0 Å². The molecule has 1 N–H and O–H groups in total. The molecule has 0 aliphatic heterocycles. The summed E-state index contributed by atoms with van der Waals surface area (Å²) >= 11 is 0. The maximum atomic E-state index is 13.0. The van der Waals surface area contributed by atoms with Gasteiger partial charge in [0.05, 0.1) is 0 Å². The summed E-state index contributed by atoms with van der Waals surface area (Å²) in [5.74, 6) is 0.181. The van der Waals surface area contributed by atoms with Gasteiger partial charge in [0.15, 0.2) is 0 Å². The summed E-state index contributed by atoms with van der Waals surface area (Å²) in [7, 11) is -1.59. The minimum atomic E-state index is -1.59. The summed E-state index contributed by atoms with van der Waals surface area (Å²) in [6, 6.07) is 5.91. The number of benzene rings is 1. The third-order valence-corrected chi connectivity index (χ3v) is 11.0. The number of nitrogens with zero attached hydrogens (tertiary/aromatic N) is 1. The summed E-state index contributed by atoms with van der Waals surface area (Å²) in [6.45, 7) is 10.7. The molecule has 0 saturated heterocycles. The van der Waals surface area contributed by atoms with E-state index in [2.05, 4.69) is 32.2 Å². The van der Waals surface area contributed by atoms with Gasteiger partial charge >= 0.3 is 167 Å². The van der Waals surface area contributed by atoms with Gasteiger partial charge in [-0.15, -0.1) is 0 Å². The quantitative estimate of drug-likeness (QED) is 0.428. The average molecular weight is 391 g/mol. The van der Waals surface area contributed by atoms with Crippen molar-refractivity contribution in [3.05, 3.63) is 28.8 Å². The number of carbonyl (C=O) groups excluding carboxylic acids is 1. The Morgan fingerprint density at radius 3 is 1.78 bits per heavy atom. The van der Waals surface area contributed by atoms with E-state index in [1.165, 1.54) is 57.0 Å². The van der Waals surface area contributed by atoms with Crippen molar-refractivity contribution >= 4 is 18.9 Å². The predicted octanol–water partition coefficient (Wildman–Crippen LogP) is 6.26. The van der Waals surface area contributed by atoms with Crippen LogP contribution in [0.2, 0.25) is 0 Å². The molecule has 0 aliphatic rings.